The second kappa shape index (κ2) is 4.23. The molecule has 1 fully saturated rings. The Bertz CT molecular complexity index is 386. The standard InChI is InChI=1S/C11H12BrNO2/c12-10-8(11(14)15)4-3-5-9(10)13-6-1-2-7-13/h3-5H,1-2,6-7H2,(H,14,15). The first-order chi connectivity index (χ1) is 7.20. The van der Waals surface area contributed by atoms with Crippen LogP contribution in [0.25, 0.3) is 0 Å². The Morgan fingerprint density at radius 2 is 2.00 bits per heavy atom. The molecular formula is C11H12BrNO2. The first-order valence-corrected chi connectivity index (χ1v) is 5.76. The maximum atomic E-state index is 10.9. The van der Waals surface area contributed by atoms with Crippen molar-refractivity contribution in [2.45, 2.75) is 12.8 Å². The first kappa shape index (κ1) is 10.5. The Hall–Kier alpha value is -1.03. The molecule has 2 rings (SSSR count). The van der Waals surface area contributed by atoms with E-state index in [-0.39, 0.29) is 0 Å². The first-order valence-electron chi connectivity index (χ1n) is 4.97. The average Bonchev–Trinajstić information content (AvgIpc) is 2.70. The molecule has 1 aliphatic heterocycles. The normalized spacial score (nSPS) is 15.7. The van der Waals surface area contributed by atoms with Crippen molar-refractivity contribution >= 4 is 27.6 Å². The third-order valence-corrected chi connectivity index (χ3v) is 3.49. The van der Waals surface area contributed by atoms with Gasteiger partial charge in [-0.3, -0.25) is 0 Å². The van der Waals surface area contributed by atoms with Gasteiger partial charge in [0.25, 0.3) is 0 Å². The van der Waals surface area contributed by atoms with Crippen molar-refractivity contribution < 1.29 is 9.90 Å². The van der Waals surface area contributed by atoms with E-state index < -0.39 is 5.97 Å². The lowest BCUT2D eigenvalue weighted by Crippen LogP contribution is -2.18. The number of hydrogen-bond acceptors (Lipinski definition) is 2. The second-order valence-electron chi connectivity index (χ2n) is 3.64. The number of carbonyl (C=O) groups is 1. The van der Waals surface area contributed by atoms with Gasteiger partial charge in [0.05, 0.1) is 15.7 Å². The molecule has 0 spiro atoms. The number of carboxylic acid groups (broad SMARTS) is 1. The number of anilines is 1. The largest absolute Gasteiger partial charge is 0.478 e. The van der Waals surface area contributed by atoms with Crippen LogP contribution in [0.5, 0.6) is 0 Å². The summed E-state index contributed by atoms with van der Waals surface area (Å²) >= 11 is 3.37. The Morgan fingerprint density at radius 3 is 2.60 bits per heavy atom. The molecule has 4 heteroatoms. The third kappa shape index (κ3) is 2.00. The molecule has 0 radical (unpaired) electrons. The zero-order valence-corrected chi connectivity index (χ0v) is 9.83. The minimum Gasteiger partial charge on any atom is -0.478 e. The molecule has 0 amide bonds. The van der Waals surface area contributed by atoms with Crippen LogP contribution in [0.3, 0.4) is 0 Å². The molecule has 3 nitrogen and oxygen atoms in total. The molecule has 0 saturated carbocycles. The van der Waals surface area contributed by atoms with E-state index in [1.165, 1.54) is 12.8 Å². The predicted octanol–water partition coefficient (Wildman–Crippen LogP) is 2.75. The molecule has 0 bridgehead atoms. The molecule has 0 unspecified atom stereocenters. The number of rotatable bonds is 2. The fraction of sp³-hybridized carbons (Fsp3) is 0.364. The van der Waals surface area contributed by atoms with E-state index in [2.05, 4.69) is 20.8 Å². The van der Waals surface area contributed by atoms with E-state index in [4.69, 9.17) is 5.11 Å². The summed E-state index contributed by atoms with van der Waals surface area (Å²) in [6.45, 7) is 2.03. The predicted molar refractivity (Wildman–Crippen MR) is 62.5 cm³/mol. The molecule has 0 aliphatic carbocycles. The van der Waals surface area contributed by atoms with E-state index in [9.17, 15) is 4.79 Å². The molecule has 0 atom stereocenters. The highest BCUT2D eigenvalue weighted by molar-refractivity contribution is 9.10. The van der Waals surface area contributed by atoms with Crippen LogP contribution < -0.4 is 4.90 Å². The van der Waals surface area contributed by atoms with E-state index in [0.29, 0.717) is 10.0 Å². The zero-order valence-electron chi connectivity index (χ0n) is 8.24. The zero-order chi connectivity index (χ0) is 10.8. The summed E-state index contributed by atoms with van der Waals surface area (Å²) < 4.78 is 0.694. The summed E-state index contributed by atoms with van der Waals surface area (Å²) in [6.07, 6.45) is 2.37. The van der Waals surface area contributed by atoms with Crippen LogP contribution in [-0.2, 0) is 0 Å². The van der Waals surface area contributed by atoms with Gasteiger partial charge in [0.2, 0.25) is 0 Å². The minimum atomic E-state index is -0.886. The molecule has 15 heavy (non-hydrogen) atoms. The molecule has 1 N–H and O–H groups in total. The number of halogens is 1. The van der Waals surface area contributed by atoms with Gasteiger partial charge in [-0.15, -0.1) is 0 Å². The van der Waals surface area contributed by atoms with Crippen LogP contribution in [0.1, 0.15) is 23.2 Å². The van der Waals surface area contributed by atoms with Gasteiger partial charge in [-0.05, 0) is 40.9 Å². The van der Waals surface area contributed by atoms with Gasteiger partial charge in [-0.1, -0.05) is 6.07 Å². The van der Waals surface area contributed by atoms with Gasteiger partial charge in [0.1, 0.15) is 0 Å². The van der Waals surface area contributed by atoms with Gasteiger partial charge in [-0.25, -0.2) is 4.79 Å². The summed E-state index contributed by atoms with van der Waals surface area (Å²) in [5.41, 5.74) is 1.33. The van der Waals surface area contributed by atoms with Crippen LogP contribution in [0.15, 0.2) is 22.7 Å². The average molecular weight is 270 g/mol. The fourth-order valence-electron chi connectivity index (χ4n) is 1.89. The number of carboxylic acids is 1. The molecule has 80 valence electrons. The highest BCUT2D eigenvalue weighted by atomic mass is 79.9. The van der Waals surface area contributed by atoms with Gasteiger partial charge >= 0.3 is 5.97 Å². The maximum Gasteiger partial charge on any atom is 0.336 e. The smallest absolute Gasteiger partial charge is 0.336 e. The van der Waals surface area contributed by atoms with Gasteiger partial charge in [0.15, 0.2) is 0 Å². The Kier molecular flexibility index (Phi) is 2.95. The lowest BCUT2D eigenvalue weighted by molar-refractivity contribution is 0.0696. The number of hydrogen-bond donors (Lipinski definition) is 1. The monoisotopic (exact) mass is 269 g/mol. The SMILES string of the molecule is O=C(O)c1cccc(N2CCCC2)c1Br. The number of benzene rings is 1. The number of aromatic carboxylic acids is 1. The van der Waals surface area contributed by atoms with Crippen LogP contribution in [-0.4, -0.2) is 24.2 Å². The van der Waals surface area contributed by atoms with Gasteiger partial charge in [0, 0.05) is 13.1 Å². The van der Waals surface area contributed by atoms with E-state index in [1.54, 1.807) is 12.1 Å². The lowest BCUT2D eigenvalue weighted by atomic mass is 10.2. The molecule has 1 saturated heterocycles. The van der Waals surface area contributed by atoms with Crippen LogP contribution >= 0.6 is 15.9 Å². The van der Waals surface area contributed by atoms with Crippen molar-refractivity contribution in [1.82, 2.24) is 0 Å². The summed E-state index contributed by atoms with van der Waals surface area (Å²) in [5.74, 6) is -0.886. The van der Waals surface area contributed by atoms with E-state index >= 15 is 0 Å². The topological polar surface area (TPSA) is 40.5 Å². The van der Waals surface area contributed by atoms with Crippen molar-refractivity contribution in [3.05, 3.63) is 28.2 Å². The highest BCUT2D eigenvalue weighted by Gasteiger charge is 2.18. The lowest BCUT2D eigenvalue weighted by Gasteiger charge is -2.19. The quantitative estimate of drug-likeness (QED) is 0.898. The molecule has 1 aliphatic rings. The van der Waals surface area contributed by atoms with Crippen molar-refractivity contribution in [3.63, 3.8) is 0 Å². The van der Waals surface area contributed by atoms with Crippen LogP contribution in [0, 0.1) is 0 Å². The molecular weight excluding hydrogens is 258 g/mol. The van der Waals surface area contributed by atoms with E-state index in [0.717, 1.165) is 18.8 Å². The summed E-state index contributed by atoms with van der Waals surface area (Å²) in [4.78, 5) is 13.2. The van der Waals surface area contributed by atoms with Crippen LogP contribution in [0.4, 0.5) is 5.69 Å². The molecule has 1 aromatic carbocycles. The summed E-state index contributed by atoms with van der Waals surface area (Å²) in [6, 6.07) is 5.37. The molecule has 0 aromatic heterocycles. The fourth-order valence-corrected chi connectivity index (χ4v) is 2.57. The number of nitrogens with zero attached hydrogens (tertiary/aromatic N) is 1. The Labute approximate surface area is 96.8 Å². The van der Waals surface area contributed by atoms with Gasteiger partial charge in [-0.2, -0.15) is 0 Å². The summed E-state index contributed by atoms with van der Waals surface area (Å²) in [5, 5.41) is 8.98. The Balaban J connectivity index is 2.39. The third-order valence-electron chi connectivity index (χ3n) is 2.66. The molecule has 1 aromatic rings. The molecule has 1 heterocycles. The minimum absolute atomic E-state index is 0.333. The van der Waals surface area contributed by atoms with Crippen molar-refractivity contribution in [3.8, 4) is 0 Å². The van der Waals surface area contributed by atoms with E-state index in [1.807, 2.05) is 6.07 Å². The van der Waals surface area contributed by atoms with Crippen molar-refractivity contribution in [2.24, 2.45) is 0 Å². The van der Waals surface area contributed by atoms with Crippen molar-refractivity contribution in [2.75, 3.05) is 18.0 Å². The second-order valence-corrected chi connectivity index (χ2v) is 4.43. The van der Waals surface area contributed by atoms with Crippen LogP contribution in [0.2, 0.25) is 0 Å². The van der Waals surface area contributed by atoms with Gasteiger partial charge < -0.3 is 10.0 Å². The maximum absolute atomic E-state index is 10.9. The highest BCUT2D eigenvalue weighted by Crippen LogP contribution is 2.31. The Morgan fingerprint density at radius 1 is 1.33 bits per heavy atom. The summed E-state index contributed by atoms with van der Waals surface area (Å²) in [7, 11) is 0. The van der Waals surface area contributed by atoms with Crippen molar-refractivity contribution in [1.29, 1.82) is 0 Å².